The van der Waals surface area contributed by atoms with E-state index in [1.165, 1.54) is 11.8 Å². The number of benzene rings is 1. The number of hydrogen-bond acceptors (Lipinski definition) is 4. The van der Waals surface area contributed by atoms with Gasteiger partial charge in [-0.1, -0.05) is 11.8 Å². The van der Waals surface area contributed by atoms with Gasteiger partial charge in [0.15, 0.2) is 5.17 Å². The lowest BCUT2D eigenvalue weighted by atomic mass is 10.2. The summed E-state index contributed by atoms with van der Waals surface area (Å²) in [5.41, 5.74) is 6.41. The predicted molar refractivity (Wildman–Crippen MR) is 65.7 cm³/mol. The van der Waals surface area contributed by atoms with Crippen LogP contribution in [0.25, 0.3) is 0 Å². The molecule has 2 N–H and O–H groups in total. The SMILES string of the molecule is COc1ccc(/C=N/N=C(\N)SC)cc1. The fourth-order valence-corrected chi connectivity index (χ4v) is 1.01. The molecule has 1 aromatic carbocycles. The fourth-order valence-electron chi connectivity index (χ4n) is 0.883. The Morgan fingerprint density at radius 3 is 2.60 bits per heavy atom. The number of amidine groups is 1. The summed E-state index contributed by atoms with van der Waals surface area (Å²) in [6.45, 7) is 0. The van der Waals surface area contributed by atoms with Gasteiger partial charge in [-0.25, -0.2) is 0 Å². The van der Waals surface area contributed by atoms with E-state index in [9.17, 15) is 0 Å². The zero-order valence-electron chi connectivity index (χ0n) is 8.68. The highest BCUT2D eigenvalue weighted by molar-refractivity contribution is 8.13. The highest BCUT2D eigenvalue weighted by Crippen LogP contribution is 2.09. The summed E-state index contributed by atoms with van der Waals surface area (Å²) < 4.78 is 5.03. The van der Waals surface area contributed by atoms with Gasteiger partial charge in [0.05, 0.1) is 13.3 Å². The van der Waals surface area contributed by atoms with Crippen molar-refractivity contribution in [2.45, 2.75) is 0 Å². The number of rotatable bonds is 3. The first-order chi connectivity index (χ1) is 7.26. The van der Waals surface area contributed by atoms with Crippen LogP contribution >= 0.6 is 11.8 Å². The Morgan fingerprint density at radius 2 is 2.07 bits per heavy atom. The summed E-state index contributed by atoms with van der Waals surface area (Å²) in [4.78, 5) is 0. The molecule has 0 amide bonds. The van der Waals surface area contributed by atoms with Crippen LogP contribution in [0.1, 0.15) is 5.56 Å². The van der Waals surface area contributed by atoms with Gasteiger partial charge in [-0.05, 0) is 36.1 Å². The topological polar surface area (TPSA) is 60.0 Å². The van der Waals surface area contributed by atoms with Crippen molar-refractivity contribution < 1.29 is 4.74 Å². The summed E-state index contributed by atoms with van der Waals surface area (Å²) >= 11 is 1.36. The molecule has 0 heterocycles. The Bertz CT molecular complexity index is 359. The van der Waals surface area contributed by atoms with Gasteiger partial charge in [-0.15, -0.1) is 5.10 Å². The van der Waals surface area contributed by atoms with Crippen molar-refractivity contribution in [2.75, 3.05) is 13.4 Å². The molecule has 15 heavy (non-hydrogen) atoms. The van der Waals surface area contributed by atoms with Crippen molar-refractivity contribution in [1.29, 1.82) is 0 Å². The number of methoxy groups -OCH3 is 1. The van der Waals surface area contributed by atoms with Gasteiger partial charge in [0.25, 0.3) is 0 Å². The summed E-state index contributed by atoms with van der Waals surface area (Å²) in [7, 11) is 1.63. The summed E-state index contributed by atoms with van der Waals surface area (Å²) in [6, 6.07) is 7.52. The molecule has 0 saturated carbocycles. The molecule has 0 aromatic heterocycles. The van der Waals surface area contributed by atoms with Gasteiger partial charge in [-0.3, -0.25) is 0 Å². The van der Waals surface area contributed by atoms with Crippen LogP contribution in [0.15, 0.2) is 34.5 Å². The first kappa shape index (κ1) is 11.6. The standard InChI is InChI=1S/C10H13N3OS/c1-14-9-5-3-8(4-6-9)7-12-13-10(11)15-2/h3-7H,1-2H3,(H2,11,13)/b12-7+. The third-order valence-corrected chi connectivity index (χ3v) is 2.19. The zero-order chi connectivity index (χ0) is 11.1. The van der Waals surface area contributed by atoms with E-state index < -0.39 is 0 Å². The van der Waals surface area contributed by atoms with Crippen molar-refractivity contribution in [3.63, 3.8) is 0 Å². The number of hydrogen-bond donors (Lipinski definition) is 1. The second-order valence-corrected chi connectivity index (χ2v) is 3.49. The molecule has 1 rings (SSSR count). The highest BCUT2D eigenvalue weighted by atomic mass is 32.2. The Balaban J connectivity index is 2.65. The average Bonchev–Trinajstić information content (AvgIpc) is 2.29. The second kappa shape index (κ2) is 6.08. The van der Waals surface area contributed by atoms with E-state index in [0.717, 1.165) is 11.3 Å². The summed E-state index contributed by atoms with van der Waals surface area (Å²) in [5, 5.41) is 8.06. The van der Waals surface area contributed by atoms with Crippen LogP contribution in [0, 0.1) is 0 Å². The van der Waals surface area contributed by atoms with E-state index in [2.05, 4.69) is 10.2 Å². The van der Waals surface area contributed by atoms with Gasteiger partial charge in [0.1, 0.15) is 5.75 Å². The van der Waals surface area contributed by atoms with Gasteiger partial charge >= 0.3 is 0 Å². The number of ether oxygens (including phenoxy) is 1. The van der Waals surface area contributed by atoms with Crippen molar-refractivity contribution in [3.05, 3.63) is 29.8 Å². The van der Waals surface area contributed by atoms with Crippen molar-refractivity contribution in [3.8, 4) is 5.75 Å². The van der Waals surface area contributed by atoms with Crippen LogP contribution in [0.3, 0.4) is 0 Å². The molecule has 0 aliphatic rings. The molecule has 0 fully saturated rings. The van der Waals surface area contributed by atoms with E-state index in [-0.39, 0.29) is 0 Å². The van der Waals surface area contributed by atoms with E-state index in [0.29, 0.717) is 5.17 Å². The minimum atomic E-state index is 0.444. The van der Waals surface area contributed by atoms with Crippen molar-refractivity contribution in [2.24, 2.45) is 15.9 Å². The minimum Gasteiger partial charge on any atom is -0.497 e. The number of nitrogens with two attached hydrogens (primary N) is 1. The van der Waals surface area contributed by atoms with E-state index in [1.54, 1.807) is 13.3 Å². The smallest absolute Gasteiger partial charge is 0.180 e. The van der Waals surface area contributed by atoms with Crippen molar-refractivity contribution >= 4 is 23.1 Å². The molecule has 80 valence electrons. The lowest BCUT2D eigenvalue weighted by molar-refractivity contribution is 0.415. The largest absolute Gasteiger partial charge is 0.497 e. The first-order valence-electron chi connectivity index (χ1n) is 4.31. The van der Waals surface area contributed by atoms with Crippen LogP contribution < -0.4 is 10.5 Å². The van der Waals surface area contributed by atoms with Crippen LogP contribution in [0.2, 0.25) is 0 Å². The first-order valence-corrected chi connectivity index (χ1v) is 5.53. The molecule has 5 heteroatoms. The molecule has 0 unspecified atom stereocenters. The van der Waals surface area contributed by atoms with Gasteiger partial charge < -0.3 is 10.5 Å². The number of thioether (sulfide) groups is 1. The Labute approximate surface area is 93.2 Å². The number of nitrogens with zero attached hydrogens (tertiary/aromatic N) is 2. The monoisotopic (exact) mass is 223 g/mol. The molecule has 0 spiro atoms. The van der Waals surface area contributed by atoms with E-state index >= 15 is 0 Å². The quantitative estimate of drug-likeness (QED) is 0.482. The van der Waals surface area contributed by atoms with Gasteiger partial charge in [-0.2, -0.15) is 5.10 Å². The summed E-state index contributed by atoms with van der Waals surface area (Å²) in [6.07, 6.45) is 3.49. The third-order valence-electron chi connectivity index (χ3n) is 1.69. The van der Waals surface area contributed by atoms with E-state index in [1.807, 2.05) is 30.5 Å². The maximum atomic E-state index is 5.46. The lowest BCUT2D eigenvalue weighted by Gasteiger charge is -1.97. The zero-order valence-corrected chi connectivity index (χ0v) is 9.49. The van der Waals surface area contributed by atoms with Crippen LogP contribution in [-0.2, 0) is 0 Å². The van der Waals surface area contributed by atoms with Crippen LogP contribution in [0.4, 0.5) is 0 Å². The molecular formula is C10H13N3OS. The van der Waals surface area contributed by atoms with Crippen molar-refractivity contribution in [1.82, 2.24) is 0 Å². The Morgan fingerprint density at radius 1 is 1.40 bits per heavy atom. The lowest BCUT2D eigenvalue weighted by Crippen LogP contribution is -2.03. The summed E-state index contributed by atoms with van der Waals surface area (Å²) in [5.74, 6) is 0.819. The molecular weight excluding hydrogens is 210 g/mol. The van der Waals surface area contributed by atoms with Crippen LogP contribution in [0.5, 0.6) is 5.75 Å². The molecule has 1 aromatic rings. The van der Waals surface area contributed by atoms with Crippen LogP contribution in [-0.4, -0.2) is 24.7 Å². The predicted octanol–water partition coefficient (Wildman–Crippen LogP) is 1.71. The third kappa shape index (κ3) is 4.03. The molecule has 0 atom stereocenters. The Hall–Kier alpha value is -1.49. The highest BCUT2D eigenvalue weighted by Gasteiger charge is 1.90. The molecule has 0 saturated heterocycles. The average molecular weight is 223 g/mol. The second-order valence-electron chi connectivity index (χ2n) is 2.66. The van der Waals surface area contributed by atoms with Gasteiger partial charge in [0, 0.05) is 0 Å². The maximum Gasteiger partial charge on any atom is 0.180 e. The maximum absolute atomic E-state index is 5.46. The molecule has 0 aliphatic carbocycles. The van der Waals surface area contributed by atoms with Gasteiger partial charge in [0.2, 0.25) is 0 Å². The molecule has 0 aliphatic heterocycles. The molecule has 0 radical (unpaired) electrons. The Kier molecular flexibility index (Phi) is 4.70. The molecule has 4 nitrogen and oxygen atoms in total. The minimum absolute atomic E-state index is 0.444. The molecule has 0 bridgehead atoms. The normalized spacial score (nSPS) is 12.0. The van der Waals surface area contributed by atoms with E-state index in [4.69, 9.17) is 10.5 Å². The fraction of sp³-hybridized carbons (Fsp3) is 0.200.